The molecule has 102 valence electrons. The van der Waals surface area contributed by atoms with Crippen molar-refractivity contribution in [3.8, 4) is 0 Å². The molecule has 0 unspecified atom stereocenters. The van der Waals surface area contributed by atoms with Gasteiger partial charge in [0, 0.05) is 18.0 Å². The van der Waals surface area contributed by atoms with E-state index < -0.39 is 11.5 Å². The second-order valence-corrected chi connectivity index (χ2v) is 6.21. The molecule has 0 bridgehead atoms. The molecule has 1 fully saturated rings. The van der Waals surface area contributed by atoms with Crippen molar-refractivity contribution >= 4 is 23.3 Å². The summed E-state index contributed by atoms with van der Waals surface area (Å²) in [4.78, 5) is 26.5. The minimum atomic E-state index is -1.02. The Labute approximate surface area is 115 Å². The molecule has 6 heteroatoms. The van der Waals surface area contributed by atoms with E-state index in [9.17, 15) is 14.7 Å². The molecule has 2 amide bonds. The highest BCUT2D eigenvalue weighted by Gasteiger charge is 2.46. The van der Waals surface area contributed by atoms with Gasteiger partial charge < -0.3 is 15.3 Å². The van der Waals surface area contributed by atoms with Crippen LogP contribution >= 0.6 is 11.3 Å². The van der Waals surface area contributed by atoms with Crippen molar-refractivity contribution in [3.63, 3.8) is 0 Å². The average Bonchev–Trinajstić information content (AvgIpc) is 2.79. The van der Waals surface area contributed by atoms with E-state index in [1.807, 2.05) is 11.4 Å². The average molecular weight is 280 g/mol. The molecule has 1 saturated carbocycles. The summed E-state index contributed by atoms with van der Waals surface area (Å²) >= 11 is 1.72. The predicted molar refractivity (Wildman–Crippen MR) is 71.2 cm³/mol. The Bertz CT molecular complexity index is 522. The molecule has 0 aromatic carbocycles. The van der Waals surface area contributed by atoms with Gasteiger partial charge in [-0.05, 0) is 42.7 Å². The Morgan fingerprint density at radius 2 is 2.21 bits per heavy atom. The van der Waals surface area contributed by atoms with Gasteiger partial charge in [0.25, 0.3) is 0 Å². The fourth-order valence-electron chi connectivity index (χ4n) is 2.63. The van der Waals surface area contributed by atoms with E-state index in [-0.39, 0.29) is 6.03 Å². The second kappa shape index (κ2) is 4.52. The quantitative estimate of drug-likeness (QED) is 0.868. The monoisotopic (exact) mass is 280 g/mol. The molecule has 2 N–H and O–H groups in total. The topological polar surface area (TPSA) is 69.6 Å². The molecule has 19 heavy (non-hydrogen) atoms. The summed E-state index contributed by atoms with van der Waals surface area (Å²) in [5.74, 6) is -0.916. The van der Waals surface area contributed by atoms with Crippen LogP contribution in [0.25, 0.3) is 0 Å². The van der Waals surface area contributed by atoms with E-state index >= 15 is 0 Å². The Balaban J connectivity index is 1.67. The maximum absolute atomic E-state index is 12.2. The van der Waals surface area contributed by atoms with Crippen LogP contribution < -0.4 is 5.32 Å². The Kier molecular flexibility index (Phi) is 2.97. The highest BCUT2D eigenvalue weighted by Crippen LogP contribution is 2.32. The zero-order chi connectivity index (χ0) is 13.5. The zero-order valence-electron chi connectivity index (χ0n) is 10.5. The predicted octanol–water partition coefficient (Wildman–Crippen LogP) is 1.82. The lowest BCUT2D eigenvalue weighted by atomic mass is 9.77. The zero-order valence-corrected chi connectivity index (χ0v) is 11.3. The standard InChI is InChI=1S/C13H16N2O3S/c16-11(17)13(4-1-5-13)14-12(18)15-6-2-10-9(8-15)3-7-19-10/h3,7H,1-2,4-6,8H2,(H,14,18)(H,16,17). The van der Waals surface area contributed by atoms with Gasteiger partial charge in [-0.2, -0.15) is 0 Å². The summed E-state index contributed by atoms with van der Waals surface area (Å²) in [5, 5.41) is 14.0. The molecule has 1 aromatic heterocycles. The summed E-state index contributed by atoms with van der Waals surface area (Å²) in [5.41, 5.74) is 0.163. The van der Waals surface area contributed by atoms with Crippen molar-refractivity contribution in [2.24, 2.45) is 0 Å². The lowest BCUT2D eigenvalue weighted by Crippen LogP contribution is -2.61. The van der Waals surface area contributed by atoms with Crippen LogP contribution in [-0.4, -0.2) is 34.1 Å². The first kappa shape index (κ1) is 12.5. The van der Waals surface area contributed by atoms with Crippen LogP contribution in [0.2, 0.25) is 0 Å². The third-order valence-corrected chi connectivity index (χ3v) is 5.08. The number of carbonyl (C=O) groups is 2. The molecule has 2 heterocycles. The van der Waals surface area contributed by atoms with Gasteiger partial charge in [0.15, 0.2) is 0 Å². The van der Waals surface area contributed by atoms with Crippen LogP contribution in [0.15, 0.2) is 11.4 Å². The number of fused-ring (bicyclic) bond motifs is 1. The van der Waals surface area contributed by atoms with Gasteiger partial charge in [-0.1, -0.05) is 0 Å². The van der Waals surface area contributed by atoms with E-state index in [4.69, 9.17) is 0 Å². The summed E-state index contributed by atoms with van der Waals surface area (Å²) in [6.45, 7) is 1.25. The Morgan fingerprint density at radius 3 is 2.84 bits per heavy atom. The molecule has 3 rings (SSSR count). The first-order valence-corrected chi connectivity index (χ1v) is 7.34. The normalized spacial score (nSPS) is 20.3. The number of nitrogens with one attached hydrogen (secondary N) is 1. The summed E-state index contributed by atoms with van der Waals surface area (Å²) in [6, 6.07) is 1.79. The first-order chi connectivity index (χ1) is 9.11. The van der Waals surface area contributed by atoms with E-state index in [0.29, 0.717) is 25.9 Å². The number of nitrogens with zero attached hydrogens (tertiary/aromatic N) is 1. The molecular formula is C13H16N2O3S. The van der Waals surface area contributed by atoms with E-state index in [1.54, 1.807) is 16.2 Å². The number of rotatable bonds is 2. The maximum atomic E-state index is 12.2. The third kappa shape index (κ3) is 2.10. The summed E-state index contributed by atoms with van der Waals surface area (Å²) in [7, 11) is 0. The van der Waals surface area contributed by atoms with Gasteiger partial charge in [0.1, 0.15) is 5.54 Å². The molecule has 1 aliphatic carbocycles. The van der Waals surface area contributed by atoms with Gasteiger partial charge in [0.05, 0.1) is 0 Å². The Hall–Kier alpha value is -1.56. The SMILES string of the molecule is O=C(NC1(C(=O)O)CCC1)N1CCc2sccc2C1. The van der Waals surface area contributed by atoms with E-state index in [1.165, 1.54) is 10.4 Å². The van der Waals surface area contributed by atoms with Gasteiger partial charge in [-0.3, -0.25) is 0 Å². The minimum Gasteiger partial charge on any atom is -0.480 e. The van der Waals surface area contributed by atoms with Crippen LogP contribution in [0.3, 0.4) is 0 Å². The fraction of sp³-hybridized carbons (Fsp3) is 0.538. The minimum absolute atomic E-state index is 0.251. The Morgan fingerprint density at radius 1 is 1.42 bits per heavy atom. The largest absolute Gasteiger partial charge is 0.480 e. The number of hydrogen-bond donors (Lipinski definition) is 2. The summed E-state index contributed by atoms with van der Waals surface area (Å²) < 4.78 is 0. The van der Waals surface area contributed by atoms with Gasteiger partial charge in [-0.15, -0.1) is 11.3 Å². The van der Waals surface area contributed by atoms with Crippen LogP contribution in [0.4, 0.5) is 4.79 Å². The number of aliphatic carboxylic acids is 1. The van der Waals surface area contributed by atoms with Gasteiger partial charge >= 0.3 is 12.0 Å². The number of carboxylic acids is 1. The van der Waals surface area contributed by atoms with Crippen molar-refractivity contribution in [1.82, 2.24) is 10.2 Å². The number of hydrogen-bond acceptors (Lipinski definition) is 3. The van der Waals surface area contributed by atoms with Crippen molar-refractivity contribution < 1.29 is 14.7 Å². The second-order valence-electron chi connectivity index (χ2n) is 5.21. The van der Waals surface area contributed by atoms with Crippen molar-refractivity contribution in [3.05, 3.63) is 21.9 Å². The molecule has 0 atom stereocenters. The number of urea groups is 1. The highest BCUT2D eigenvalue weighted by molar-refractivity contribution is 7.10. The third-order valence-electron chi connectivity index (χ3n) is 4.06. The molecule has 2 aliphatic rings. The summed E-state index contributed by atoms with van der Waals surface area (Å²) in [6.07, 6.45) is 2.79. The molecule has 5 nitrogen and oxygen atoms in total. The van der Waals surface area contributed by atoms with Crippen LogP contribution in [0.5, 0.6) is 0 Å². The molecule has 0 spiro atoms. The highest BCUT2D eigenvalue weighted by atomic mass is 32.1. The van der Waals surface area contributed by atoms with Crippen molar-refractivity contribution in [2.75, 3.05) is 6.54 Å². The smallest absolute Gasteiger partial charge is 0.329 e. The molecule has 0 saturated heterocycles. The number of carboxylic acid groups (broad SMARTS) is 1. The van der Waals surface area contributed by atoms with Crippen LogP contribution in [0.1, 0.15) is 29.7 Å². The molecular weight excluding hydrogens is 264 g/mol. The van der Waals surface area contributed by atoms with E-state index in [0.717, 1.165) is 12.8 Å². The fourth-order valence-corrected chi connectivity index (χ4v) is 3.52. The number of thiophene rings is 1. The lowest BCUT2D eigenvalue weighted by molar-refractivity contribution is -0.148. The molecule has 0 radical (unpaired) electrons. The molecule has 1 aromatic rings. The number of amides is 2. The molecule has 1 aliphatic heterocycles. The van der Waals surface area contributed by atoms with Crippen LogP contribution in [0, 0.1) is 0 Å². The van der Waals surface area contributed by atoms with E-state index in [2.05, 4.69) is 5.32 Å². The van der Waals surface area contributed by atoms with Gasteiger partial charge in [0.2, 0.25) is 0 Å². The lowest BCUT2D eigenvalue weighted by Gasteiger charge is -2.40. The van der Waals surface area contributed by atoms with Crippen molar-refractivity contribution in [2.45, 2.75) is 37.8 Å². The maximum Gasteiger partial charge on any atom is 0.329 e. The van der Waals surface area contributed by atoms with Gasteiger partial charge in [-0.25, -0.2) is 9.59 Å². The van der Waals surface area contributed by atoms with Crippen LogP contribution in [-0.2, 0) is 17.8 Å². The first-order valence-electron chi connectivity index (χ1n) is 6.46. The van der Waals surface area contributed by atoms with Crippen molar-refractivity contribution in [1.29, 1.82) is 0 Å². The number of carbonyl (C=O) groups excluding carboxylic acids is 1.